The molecule has 1 aromatic carbocycles. The fourth-order valence-electron chi connectivity index (χ4n) is 3.97. The highest BCUT2D eigenvalue weighted by atomic mass is 32.1. The summed E-state index contributed by atoms with van der Waals surface area (Å²) in [5.41, 5.74) is 2.30. The Morgan fingerprint density at radius 2 is 2.00 bits per heavy atom. The molecule has 29 heavy (non-hydrogen) atoms. The molecule has 0 radical (unpaired) electrons. The van der Waals surface area contributed by atoms with Crippen LogP contribution in [0.4, 0.5) is 5.69 Å². The van der Waals surface area contributed by atoms with Gasteiger partial charge in [0.15, 0.2) is 5.79 Å². The Bertz CT molecular complexity index is 1060. The van der Waals surface area contributed by atoms with E-state index in [2.05, 4.69) is 9.97 Å². The molecule has 8 nitrogen and oxygen atoms in total. The van der Waals surface area contributed by atoms with Crippen molar-refractivity contribution in [3.05, 3.63) is 56.7 Å². The quantitative estimate of drug-likeness (QED) is 0.467. The van der Waals surface area contributed by atoms with E-state index in [9.17, 15) is 10.1 Å². The van der Waals surface area contributed by atoms with Gasteiger partial charge < -0.3 is 14.2 Å². The number of benzene rings is 1. The molecule has 1 aliphatic carbocycles. The number of hydrogen-bond acceptors (Lipinski definition) is 8. The van der Waals surface area contributed by atoms with Crippen LogP contribution >= 0.6 is 11.3 Å². The van der Waals surface area contributed by atoms with Gasteiger partial charge in [0.25, 0.3) is 5.69 Å². The van der Waals surface area contributed by atoms with E-state index >= 15 is 0 Å². The Kier molecular flexibility index (Phi) is 4.65. The third-order valence-electron chi connectivity index (χ3n) is 5.41. The standard InChI is InChI=1S/C20H19N3O5S/c24-23(25)14-3-1-13(2-4-14)6-8-26-18-17-15-5-7-20(27-9-10-28-20)11-16(15)29-19(17)22-12-21-18/h1-4,12H,5-11H2. The normalized spacial score (nSPS) is 17.5. The molecule has 1 spiro atoms. The predicted octanol–water partition coefficient (Wildman–Crippen LogP) is 3.45. The molecule has 0 amide bonds. The largest absolute Gasteiger partial charge is 0.477 e. The predicted molar refractivity (Wildman–Crippen MR) is 106 cm³/mol. The van der Waals surface area contributed by atoms with Crippen molar-refractivity contribution in [1.82, 2.24) is 9.97 Å². The van der Waals surface area contributed by atoms with Crippen molar-refractivity contribution < 1.29 is 19.1 Å². The van der Waals surface area contributed by atoms with Gasteiger partial charge in [-0.1, -0.05) is 12.1 Å². The maximum absolute atomic E-state index is 10.8. The number of rotatable bonds is 5. The van der Waals surface area contributed by atoms with Crippen molar-refractivity contribution in [3.63, 3.8) is 0 Å². The van der Waals surface area contributed by atoms with Gasteiger partial charge in [0.1, 0.15) is 11.2 Å². The molecule has 150 valence electrons. The Hall–Kier alpha value is -2.62. The van der Waals surface area contributed by atoms with Crippen LogP contribution in [-0.4, -0.2) is 40.5 Å². The van der Waals surface area contributed by atoms with Crippen LogP contribution in [0.2, 0.25) is 0 Å². The Balaban J connectivity index is 1.33. The summed E-state index contributed by atoms with van der Waals surface area (Å²) in [5.74, 6) is 0.122. The van der Waals surface area contributed by atoms with Crippen molar-refractivity contribution in [2.45, 2.75) is 31.5 Å². The van der Waals surface area contributed by atoms with Gasteiger partial charge in [0.05, 0.1) is 30.1 Å². The first kappa shape index (κ1) is 18.4. The number of aromatic nitrogens is 2. The molecule has 1 fully saturated rings. The number of nitrogens with zero attached hydrogens (tertiary/aromatic N) is 3. The molecule has 1 aliphatic heterocycles. The molecule has 1 saturated heterocycles. The third kappa shape index (κ3) is 3.45. The highest BCUT2D eigenvalue weighted by Gasteiger charge is 2.41. The zero-order chi connectivity index (χ0) is 19.8. The van der Waals surface area contributed by atoms with E-state index in [4.69, 9.17) is 14.2 Å². The van der Waals surface area contributed by atoms with Crippen LogP contribution in [0.15, 0.2) is 30.6 Å². The van der Waals surface area contributed by atoms with E-state index < -0.39 is 10.7 Å². The van der Waals surface area contributed by atoms with Gasteiger partial charge in [-0.2, -0.15) is 0 Å². The van der Waals surface area contributed by atoms with Crippen LogP contribution in [0.3, 0.4) is 0 Å². The van der Waals surface area contributed by atoms with Crippen LogP contribution in [0.5, 0.6) is 5.88 Å². The lowest BCUT2D eigenvalue weighted by Gasteiger charge is -2.31. The maximum Gasteiger partial charge on any atom is 0.269 e. The van der Waals surface area contributed by atoms with E-state index in [-0.39, 0.29) is 5.69 Å². The second-order valence-electron chi connectivity index (χ2n) is 7.17. The number of ether oxygens (including phenoxy) is 3. The molecule has 0 N–H and O–H groups in total. The number of fused-ring (bicyclic) bond motifs is 3. The Morgan fingerprint density at radius 1 is 1.21 bits per heavy atom. The van der Waals surface area contributed by atoms with Crippen LogP contribution in [-0.2, 0) is 28.7 Å². The van der Waals surface area contributed by atoms with E-state index in [0.29, 0.717) is 32.1 Å². The first-order valence-electron chi connectivity index (χ1n) is 9.53. The summed E-state index contributed by atoms with van der Waals surface area (Å²) in [7, 11) is 0. The van der Waals surface area contributed by atoms with Gasteiger partial charge in [0, 0.05) is 36.3 Å². The summed E-state index contributed by atoms with van der Waals surface area (Å²) in [6.07, 6.45) is 4.58. The van der Waals surface area contributed by atoms with Crippen LogP contribution in [0.1, 0.15) is 22.4 Å². The highest BCUT2D eigenvalue weighted by molar-refractivity contribution is 7.18. The molecule has 0 atom stereocenters. The van der Waals surface area contributed by atoms with Crippen molar-refractivity contribution in [2.75, 3.05) is 19.8 Å². The fraction of sp³-hybridized carbons (Fsp3) is 0.400. The Labute approximate surface area is 170 Å². The average Bonchev–Trinajstić information content (AvgIpc) is 3.33. The zero-order valence-electron chi connectivity index (χ0n) is 15.6. The third-order valence-corrected chi connectivity index (χ3v) is 6.55. The van der Waals surface area contributed by atoms with Crippen molar-refractivity contribution in [3.8, 4) is 5.88 Å². The molecular weight excluding hydrogens is 394 g/mol. The second-order valence-corrected chi connectivity index (χ2v) is 8.25. The van der Waals surface area contributed by atoms with E-state index in [0.717, 1.165) is 35.0 Å². The first-order chi connectivity index (χ1) is 14.1. The molecular formula is C20H19N3O5S. The maximum atomic E-state index is 10.8. The van der Waals surface area contributed by atoms with E-state index in [1.165, 1.54) is 28.9 Å². The number of nitro groups is 1. The molecule has 5 rings (SSSR count). The zero-order valence-corrected chi connectivity index (χ0v) is 16.4. The summed E-state index contributed by atoms with van der Waals surface area (Å²) in [6.45, 7) is 1.73. The minimum Gasteiger partial charge on any atom is -0.477 e. The SMILES string of the molecule is O=[N+]([O-])c1ccc(CCOc2ncnc3sc4c(c23)CCC2(C4)OCCO2)cc1. The number of aryl methyl sites for hydroxylation is 1. The van der Waals surface area contributed by atoms with Crippen molar-refractivity contribution in [1.29, 1.82) is 0 Å². The van der Waals surface area contributed by atoms with Gasteiger partial charge in [-0.05, 0) is 17.5 Å². The van der Waals surface area contributed by atoms with Gasteiger partial charge >= 0.3 is 0 Å². The van der Waals surface area contributed by atoms with E-state index in [1.54, 1.807) is 23.5 Å². The summed E-state index contributed by atoms with van der Waals surface area (Å²) >= 11 is 1.65. The minimum atomic E-state index is -0.474. The average molecular weight is 413 g/mol. The molecule has 2 aromatic heterocycles. The van der Waals surface area contributed by atoms with Crippen molar-refractivity contribution >= 4 is 27.2 Å². The van der Waals surface area contributed by atoms with Crippen LogP contribution in [0.25, 0.3) is 10.2 Å². The van der Waals surface area contributed by atoms with E-state index in [1.807, 2.05) is 0 Å². The molecule has 0 bridgehead atoms. The molecule has 2 aliphatic rings. The number of nitro benzene ring substituents is 1. The summed E-state index contributed by atoms with van der Waals surface area (Å²) in [5, 5.41) is 11.8. The lowest BCUT2D eigenvalue weighted by Crippen LogP contribution is -2.36. The van der Waals surface area contributed by atoms with Gasteiger partial charge in [-0.25, -0.2) is 9.97 Å². The van der Waals surface area contributed by atoms with Crippen molar-refractivity contribution in [2.24, 2.45) is 0 Å². The first-order valence-corrected chi connectivity index (χ1v) is 10.3. The lowest BCUT2D eigenvalue weighted by atomic mass is 9.92. The molecule has 0 unspecified atom stereocenters. The van der Waals surface area contributed by atoms with Gasteiger partial charge in [-0.15, -0.1) is 11.3 Å². The smallest absolute Gasteiger partial charge is 0.269 e. The molecule has 3 heterocycles. The molecule has 0 saturated carbocycles. The van der Waals surface area contributed by atoms with Crippen LogP contribution < -0.4 is 4.74 Å². The monoisotopic (exact) mass is 413 g/mol. The molecule has 3 aromatic rings. The molecule has 9 heteroatoms. The summed E-state index contributed by atoms with van der Waals surface area (Å²) in [4.78, 5) is 21.3. The fourth-order valence-corrected chi connectivity index (χ4v) is 5.23. The number of hydrogen-bond donors (Lipinski definition) is 0. The van der Waals surface area contributed by atoms with Crippen LogP contribution in [0, 0.1) is 10.1 Å². The number of non-ortho nitro benzene ring substituents is 1. The lowest BCUT2D eigenvalue weighted by molar-refractivity contribution is -0.384. The second kappa shape index (κ2) is 7.33. The number of thiophene rings is 1. The summed E-state index contributed by atoms with van der Waals surface area (Å²) < 4.78 is 17.8. The van der Waals surface area contributed by atoms with Gasteiger partial charge in [0.2, 0.25) is 5.88 Å². The highest BCUT2D eigenvalue weighted by Crippen LogP contribution is 2.44. The summed E-state index contributed by atoms with van der Waals surface area (Å²) in [6, 6.07) is 6.53. The van der Waals surface area contributed by atoms with Gasteiger partial charge in [-0.3, -0.25) is 10.1 Å². The minimum absolute atomic E-state index is 0.0880. The topological polar surface area (TPSA) is 96.6 Å². The Morgan fingerprint density at radius 3 is 2.76 bits per heavy atom.